The van der Waals surface area contributed by atoms with E-state index in [1.54, 1.807) is 12.1 Å². The Hall–Kier alpha value is -2.18. The molecule has 1 atom stereocenters. The molecule has 102 valence electrons. The lowest BCUT2D eigenvalue weighted by Gasteiger charge is -2.14. The number of nitrogens with zero attached hydrogens (tertiary/aromatic N) is 1. The second kappa shape index (κ2) is 6.83. The molecule has 0 saturated carbocycles. The molecule has 0 aromatic heterocycles. The van der Waals surface area contributed by atoms with Gasteiger partial charge in [0.05, 0.1) is 5.56 Å². The molecule has 2 rings (SSSR count). The molecular weight excluding hydrogens is 251 g/mol. The summed E-state index contributed by atoms with van der Waals surface area (Å²) in [5.74, 6) is -0.422. The zero-order chi connectivity index (χ0) is 14.4. The highest BCUT2D eigenvalue weighted by Crippen LogP contribution is 2.12. The van der Waals surface area contributed by atoms with E-state index in [-0.39, 0.29) is 11.6 Å². The summed E-state index contributed by atoms with van der Waals surface area (Å²) >= 11 is 0. The summed E-state index contributed by atoms with van der Waals surface area (Å²) < 4.78 is 13.9. The van der Waals surface area contributed by atoms with Gasteiger partial charge in [-0.1, -0.05) is 42.5 Å². The number of rotatable bonds is 5. The van der Waals surface area contributed by atoms with Gasteiger partial charge < -0.3 is 5.32 Å². The Morgan fingerprint density at radius 1 is 1.15 bits per heavy atom. The van der Waals surface area contributed by atoms with Crippen LogP contribution in [-0.4, -0.2) is 6.04 Å². The zero-order valence-electron chi connectivity index (χ0n) is 11.4. The summed E-state index contributed by atoms with van der Waals surface area (Å²) in [5.41, 5.74) is 1.88. The van der Waals surface area contributed by atoms with Crippen molar-refractivity contribution in [3.63, 3.8) is 0 Å². The van der Waals surface area contributed by atoms with Gasteiger partial charge in [-0.15, -0.1) is 0 Å². The molecule has 1 unspecified atom stereocenters. The molecule has 0 heterocycles. The van der Waals surface area contributed by atoms with Crippen molar-refractivity contribution in [3.8, 4) is 6.07 Å². The van der Waals surface area contributed by atoms with Crippen molar-refractivity contribution in [2.75, 3.05) is 0 Å². The molecular formula is C17H17FN2. The molecule has 0 radical (unpaired) electrons. The van der Waals surface area contributed by atoms with Crippen molar-refractivity contribution >= 4 is 0 Å². The molecule has 1 N–H and O–H groups in total. The summed E-state index contributed by atoms with van der Waals surface area (Å²) in [5, 5.41) is 12.1. The molecule has 0 fully saturated rings. The van der Waals surface area contributed by atoms with E-state index >= 15 is 0 Å². The summed E-state index contributed by atoms with van der Waals surface area (Å²) in [6.45, 7) is 2.49. The smallest absolute Gasteiger partial charge is 0.145 e. The first kappa shape index (κ1) is 14.2. The Bertz CT molecular complexity index is 602. The van der Waals surface area contributed by atoms with E-state index < -0.39 is 5.82 Å². The van der Waals surface area contributed by atoms with Crippen LogP contribution in [-0.2, 0) is 13.0 Å². The zero-order valence-corrected chi connectivity index (χ0v) is 11.4. The van der Waals surface area contributed by atoms with Crippen molar-refractivity contribution in [1.29, 1.82) is 5.26 Å². The number of nitriles is 1. The molecule has 0 spiro atoms. The molecule has 20 heavy (non-hydrogen) atoms. The van der Waals surface area contributed by atoms with E-state index in [0.717, 1.165) is 6.42 Å². The first-order chi connectivity index (χ1) is 9.70. The maximum Gasteiger partial charge on any atom is 0.145 e. The van der Waals surface area contributed by atoms with Gasteiger partial charge in [-0.3, -0.25) is 0 Å². The van der Waals surface area contributed by atoms with Gasteiger partial charge in [-0.2, -0.15) is 5.26 Å². The van der Waals surface area contributed by atoms with E-state index in [4.69, 9.17) is 5.26 Å². The number of nitrogens with one attached hydrogen (secondary N) is 1. The van der Waals surface area contributed by atoms with Crippen LogP contribution in [0.3, 0.4) is 0 Å². The van der Waals surface area contributed by atoms with E-state index in [1.807, 2.05) is 24.3 Å². The minimum absolute atomic E-state index is 0.0972. The van der Waals surface area contributed by atoms with Crippen LogP contribution in [0.4, 0.5) is 4.39 Å². The van der Waals surface area contributed by atoms with Gasteiger partial charge in [0.25, 0.3) is 0 Å². The van der Waals surface area contributed by atoms with Crippen molar-refractivity contribution in [2.24, 2.45) is 0 Å². The van der Waals surface area contributed by atoms with Gasteiger partial charge in [-0.25, -0.2) is 4.39 Å². The van der Waals surface area contributed by atoms with Crippen LogP contribution >= 0.6 is 0 Å². The van der Waals surface area contributed by atoms with Crippen molar-refractivity contribution in [1.82, 2.24) is 5.32 Å². The third kappa shape index (κ3) is 3.66. The maximum atomic E-state index is 13.9. The van der Waals surface area contributed by atoms with Gasteiger partial charge in [0, 0.05) is 18.2 Å². The van der Waals surface area contributed by atoms with Crippen LogP contribution in [0.2, 0.25) is 0 Å². The second-order valence-corrected chi connectivity index (χ2v) is 4.86. The molecule has 0 aliphatic heterocycles. The fraction of sp³-hybridized carbons (Fsp3) is 0.235. The first-order valence-corrected chi connectivity index (χ1v) is 6.65. The first-order valence-electron chi connectivity index (χ1n) is 6.65. The number of hydrogen-bond donors (Lipinski definition) is 1. The Balaban J connectivity index is 1.94. The summed E-state index contributed by atoms with van der Waals surface area (Å²) in [6.07, 6.45) is 0.889. The molecule has 0 aliphatic carbocycles. The Labute approximate surface area is 118 Å². The van der Waals surface area contributed by atoms with Crippen LogP contribution in [0.15, 0.2) is 48.5 Å². The molecule has 0 aliphatic rings. The molecule has 2 nitrogen and oxygen atoms in total. The fourth-order valence-corrected chi connectivity index (χ4v) is 2.13. The van der Waals surface area contributed by atoms with Crippen LogP contribution in [0.25, 0.3) is 0 Å². The average Bonchev–Trinajstić information content (AvgIpc) is 2.47. The SMILES string of the molecule is CC(Cc1ccccc1)NCc1cccc(C#N)c1F. The highest BCUT2D eigenvalue weighted by Gasteiger charge is 2.09. The summed E-state index contributed by atoms with van der Waals surface area (Å²) in [7, 11) is 0. The predicted molar refractivity (Wildman–Crippen MR) is 77.6 cm³/mol. The van der Waals surface area contributed by atoms with E-state index in [0.29, 0.717) is 12.1 Å². The number of benzene rings is 2. The van der Waals surface area contributed by atoms with E-state index in [9.17, 15) is 4.39 Å². The van der Waals surface area contributed by atoms with Gasteiger partial charge in [0.2, 0.25) is 0 Å². The third-order valence-electron chi connectivity index (χ3n) is 3.22. The Morgan fingerprint density at radius 2 is 1.90 bits per heavy atom. The number of hydrogen-bond acceptors (Lipinski definition) is 2. The second-order valence-electron chi connectivity index (χ2n) is 4.86. The minimum Gasteiger partial charge on any atom is -0.310 e. The Kier molecular flexibility index (Phi) is 4.86. The summed E-state index contributed by atoms with van der Waals surface area (Å²) in [6, 6.07) is 17.2. The lowest BCUT2D eigenvalue weighted by molar-refractivity contribution is 0.524. The fourth-order valence-electron chi connectivity index (χ4n) is 2.13. The molecule has 3 heteroatoms. The molecule has 0 saturated heterocycles. The minimum atomic E-state index is -0.422. The van der Waals surface area contributed by atoms with Crippen LogP contribution in [0, 0.1) is 17.1 Å². The quantitative estimate of drug-likeness (QED) is 0.902. The predicted octanol–water partition coefficient (Wildman–Crippen LogP) is 3.42. The molecule has 0 bridgehead atoms. The topological polar surface area (TPSA) is 35.8 Å². The van der Waals surface area contributed by atoms with E-state index in [2.05, 4.69) is 24.4 Å². The normalized spacial score (nSPS) is 11.8. The molecule has 2 aromatic rings. The van der Waals surface area contributed by atoms with Crippen LogP contribution in [0.5, 0.6) is 0 Å². The van der Waals surface area contributed by atoms with Gasteiger partial charge in [0.1, 0.15) is 11.9 Å². The third-order valence-corrected chi connectivity index (χ3v) is 3.22. The van der Waals surface area contributed by atoms with Gasteiger partial charge in [0.15, 0.2) is 0 Å². The highest BCUT2D eigenvalue weighted by molar-refractivity contribution is 5.34. The van der Waals surface area contributed by atoms with Crippen molar-refractivity contribution in [2.45, 2.75) is 25.9 Å². The summed E-state index contributed by atoms with van der Waals surface area (Å²) in [4.78, 5) is 0. The standard InChI is InChI=1S/C17H17FN2/c1-13(10-14-6-3-2-4-7-14)20-12-16-9-5-8-15(11-19)17(16)18/h2-9,13,20H,10,12H2,1H3. The molecule has 2 aromatic carbocycles. The largest absolute Gasteiger partial charge is 0.310 e. The molecule has 0 amide bonds. The lowest BCUT2D eigenvalue weighted by Crippen LogP contribution is -2.28. The van der Waals surface area contributed by atoms with Gasteiger partial charge in [-0.05, 0) is 25.0 Å². The van der Waals surface area contributed by atoms with Crippen molar-refractivity contribution in [3.05, 3.63) is 71.0 Å². The number of halogens is 1. The maximum absolute atomic E-state index is 13.9. The monoisotopic (exact) mass is 268 g/mol. The Morgan fingerprint density at radius 3 is 2.60 bits per heavy atom. The van der Waals surface area contributed by atoms with Crippen molar-refractivity contribution < 1.29 is 4.39 Å². The lowest BCUT2D eigenvalue weighted by atomic mass is 10.1. The van der Waals surface area contributed by atoms with E-state index in [1.165, 1.54) is 11.6 Å². The van der Waals surface area contributed by atoms with Gasteiger partial charge >= 0.3 is 0 Å². The van der Waals surface area contributed by atoms with Crippen LogP contribution < -0.4 is 5.32 Å². The van der Waals surface area contributed by atoms with Crippen LogP contribution in [0.1, 0.15) is 23.6 Å². The highest BCUT2D eigenvalue weighted by atomic mass is 19.1. The average molecular weight is 268 g/mol.